The van der Waals surface area contributed by atoms with Crippen molar-refractivity contribution < 1.29 is 19.4 Å². The molecule has 0 heterocycles. The highest BCUT2D eigenvalue weighted by Crippen LogP contribution is 2.25. The Labute approximate surface area is 138 Å². The average Bonchev–Trinajstić information content (AvgIpc) is 2.49. The number of amides is 1. The van der Waals surface area contributed by atoms with E-state index in [9.17, 15) is 9.59 Å². The van der Waals surface area contributed by atoms with Crippen LogP contribution in [0.25, 0.3) is 0 Å². The summed E-state index contributed by atoms with van der Waals surface area (Å²) in [7, 11) is 1.59. The number of aryl methyl sites for hydroxylation is 1. The van der Waals surface area contributed by atoms with Gasteiger partial charge in [0.2, 0.25) is 5.91 Å². The van der Waals surface area contributed by atoms with Gasteiger partial charge in [0.05, 0.1) is 11.6 Å². The summed E-state index contributed by atoms with van der Waals surface area (Å²) in [6, 6.07) is 4.71. The number of halogens is 1. The van der Waals surface area contributed by atoms with Gasteiger partial charge in [-0.15, -0.1) is 0 Å². The Hall–Kier alpha value is -1.82. The van der Waals surface area contributed by atoms with Crippen LogP contribution in [0.2, 0.25) is 0 Å². The van der Waals surface area contributed by atoms with Crippen molar-refractivity contribution in [2.45, 2.75) is 32.2 Å². The van der Waals surface area contributed by atoms with E-state index in [1.54, 1.807) is 19.3 Å². The van der Waals surface area contributed by atoms with Crippen LogP contribution in [0.15, 0.2) is 34.8 Å². The molecule has 5 nitrogen and oxygen atoms in total. The second kappa shape index (κ2) is 9.25. The SMILES string of the molecule is C/C=C/CC(NC(=O)CCc1ccc(OC)c(Br)c1)C(=O)O. The van der Waals surface area contributed by atoms with Crippen LogP contribution in [0, 0.1) is 0 Å². The minimum Gasteiger partial charge on any atom is -0.496 e. The summed E-state index contributed by atoms with van der Waals surface area (Å²) in [5.41, 5.74) is 0.975. The quantitative estimate of drug-likeness (QED) is 0.690. The third-order valence-corrected chi connectivity index (χ3v) is 3.72. The molecule has 1 atom stereocenters. The monoisotopic (exact) mass is 369 g/mol. The van der Waals surface area contributed by atoms with Crippen molar-refractivity contribution in [2.75, 3.05) is 7.11 Å². The van der Waals surface area contributed by atoms with Gasteiger partial charge in [0.1, 0.15) is 11.8 Å². The van der Waals surface area contributed by atoms with Crippen molar-refractivity contribution >= 4 is 27.8 Å². The lowest BCUT2D eigenvalue weighted by Crippen LogP contribution is -2.40. The van der Waals surface area contributed by atoms with Crippen LogP contribution in [-0.2, 0) is 16.0 Å². The molecule has 0 aliphatic carbocycles. The lowest BCUT2D eigenvalue weighted by atomic mass is 10.1. The molecular formula is C16H20BrNO4. The molecule has 1 rings (SSSR count). The topological polar surface area (TPSA) is 75.6 Å². The minimum absolute atomic E-state index is 0.235. The largest absolute Gasteiger partial charge is 0.496 e. The summed E-state index contributed by atoms with van der Waals surface area (Å²) < 4.78 is 5.97. The number of allylic oxidation sites excluding steroid dienone is 1. The highest BCUT2D eigenvalue weighted by atomic mass is 79.9. The fourth-order valence-electron chi connectivity index (χ4n) is 1.88. The van der Waals surface area contributed by atoms with Gasteiger partial charge in [-0.2, -0.15) is 0 Å². The first-order valence-electron chi connectivity index (χ1n) is 6.93. The Morgan fingerprint density at radius 1 is 1.45 bits per heavy atom. The van der Waals surface area contributed by atoms with E-state index in [2.05, 4.69) is 21.2 Å². The highest BCUT2D eigenvalue weighted by molar-refractivity contribution is 9.10. The molecule has 1 aromatic carbocycles. The van der Waals surface area contributed by atoms with E-state index in [-0.39, 0.29) is 18.7 Å². The number of nitrogens with one attached hydrogen (secondary N) is 1. The van der Waals surface area contributed by atoms with Gasteiger partial charge < -0.3 is 15.2 Å². The predicted molar refractivity (Wildman–Crippen MR) is 88.0 cm³/mol. The predicted octanol–water partition coefficient (Wildman–Crippen LogP) is 2.93. The summed E-state index contributed by atoms with van der Waals surface area (Å²) in [5.74, 6) is -0.576. The van der Waals surface area contributed by atoms with Gasteiger partial charge in [-0.05, 0) is 53.4 Å². The number of hydrogen-bond donors (Lipinski definition) is 2. The number of benzene rings is 1. The van der Waals surface area contributed by atoms with E-state index in [4.69, 9.17) is 9.84 Å². The Bertz CT molecular complexity index is 557. The third kappa shape index (κ3) is 5.89. The van der Waals surface area contributed by atoms with E-state index in [0.717, 1.165) is 15.8 Å². The molecule has 0 aliphatic heterocycles. The summed E-state index contributed by atoms with van der Waals surface area (Å²) in [4.78, 5) is 22.9. The number of hydrogen-bond acceptors (Lipinski definition) is 3. The molecule has 1 unspecified atom stereocenters. The maximum Gasteiger partial charge on any atom is 0.326 e. The fraction of sp³-hybridized carbons (Fsp3) is 0.375. The molecule has 0 radical (unpaired) electrons. The lowest BCUT2D eigenvalue weighted by Gasteiger charge is -2.13. The Kier molecular flexibility index (Phi) is 7.66. The van der Waals surface area contributed by atoms with Gasteiger partial charge in [-0.25, -0.2) is 4.79 Å². The van der Waals surface area contributed by atoms with Gasteiger partial charge >= 0.3 is 5.97 Å². The molecule has 2 N–H and O–H groups in total. The van der Waals surface area contributed by atoms with E-state index in [0.29, 0.717) is 6.42 Å². The van der Waals surface area contributed by atoms with Crippen molar-refractivity contribution in [3.8, 4) is 5.75 Å². The smallest absolute Gasteiger partial charge is 0.326 e. The zero-order valence-electron chi connectivity index (χ0n) is 12.6. The number of carbonyl (C=O) groups excluding carboxylic acids is 1. The van der Waals surface area contributed by atoms with Crippen molar-refractivity contribution in [3.63, 3.8) is 0 Å². The first-order chi connectivity index (χ1) is 10.5. The molecule has 0 fully saturated rings. The van der Waals surface area contributed by atoms with E-state index in [1.807, 2.05) is 25.1 Å². The fourth-order valence-corrected chi connectivity index (χ4v) is 2.47. The van der Waals surface area contributed by atoms with Crippen molar-refractivity contribution in [2.24, 2.45) is 0 Å². The molecule has 0 saturated carbocycles. The normalized spacial score (nSPS) is 12.1. The van der Waals surface area contributed by atoms with Crippen LogP contribution in [0.1, 0.15) is 25.3 Å². The van der Waals surface area contributed by atoms with Gasteiger partial charge in [-0.1, -0.05) is 18.2 Å². The molecule has 6 heteroatoms. The maximum absolute atomic E-state index is 11.9. The number of carbonyl (C=O) groups is 2. The standard InChI is InChI=1S/C16H20BrNO4/c1-3-4-5-13(16(20)21)18-15(19)9-7-11-6-8-14(22-2)12(17)10-11/h3-4,6,8,10,13H,5,7,9H2,1-2H3,(H,18,19)(H,20,21)/b4-3+. The molecule has 0 spiro atoms. The molecule has 0 aliphatic rings. The van der Waals surface area contributed by atoms with Gasteiger partial charge in [0.15, 0.2) is 0 Å². The summed E-state index contributed by atoms with van der Waals surface area (Å²) in [5, 5.41) is 11.6. The Balaban J connectivity index is 2.54. The average molecular weight is 370 g/mol. The molecular weight excluding hydrogens is 350 g/mol. The number of ether oxygens (including phenoxy) is 1. The maximum atomic E-state index is 11.9. The molecule has 1 aromatic rings. The Morgan fingerprint density at radius 2 is 2.18 bits per heavy atom. The number of carboxylic acid groups (broad SMARTS) is 1. The van der Waals surface area contributed by atoms with Crippen molar-refractivity contribution in [1.29, 1.82) is 0 Å². The zero-order chi connectivity index (χ0) is 16.5. The second-order valence-electron chi connectivity index (χ2n) is 4.73. The zero-order valence-corrected chi connectivity index (χ0v) is 14.2. The first-order valence-corrected chi connectivity index (χ1v) is 7.73. The second-order valence-corrected chi connectivity index (χ2v) is 5.59. The molecule has 120 valence electrons. The van der Waals surface area contributed by atoms with Gasteiger partial charge in [-0.3, -0.25) is 4.79 Å². The number of carboxylic acids is 1. The molecule has 0 bridgehead atoms. The van der Waals surface area contributed by atoms with Crippen LogP contribution in [-0.4, -0.2) is 30.1 Å². The lowest BCUT2D eigenvalue weighted by molar-refractivity contribution is -0.141. The van der Waals surface area contributed by atoms with Crippen LogP contribution in [0.3, 0.4) is 0 Å². The number of methoxy groups -OCH3 is 1. The van der Waals surface area contributed by atoms with E-state index in [1.165, 1.54) is 0 Å². The van der Waals surface area contributed by atoms with Crippen LogP contribution in [0.5, 0.6) is 5.75 Å². The summed E-state index contributed by atoms with van der Waals surface area (Å²) in [6.45, 7) is 1.81. The van der Waals surface area contributed by atoms with Crippen LogP contribution in [0.4, 0.5) is 0 Å². The van der Waals surface area contributed by atoms with Gasteiger partial charge in [0, 0.05) is 6.42 Å². The molecule has 1 amide bonds. The van der Waals surface area contributed by atoms with Gasteiger partial charge in [0.25, 0.3) is 0 Å². The summed E-state index contributed by atoms with van der Waals surface area (Å²) in [6.07, 6.45) is 4.53. The number of rotatable bonds is 8. The molecule has 0 aromatic heterocycles. The van der Waals surface area contributed by atoms with E-state index < -0.39 is 12.0 Å². The molecule has 0 saturated heterocycles. The van der Waals surface area contributed by atoms with E-state index >= 15 is 0 Å². The Morgan fingerprint density at radius 3 is 2.73 bits per heavy atom. The van der Waals surface area contributed by atoms with Crippen LogP contribution < -0.4 is 10.1 Å². The molecule has 22 heavy (non-hydrogen) atoms. The minimum atomic E-state index is -1.03. The van der Waals surface area contributed by atoms with Crippen molar-refractivity contribution in [3.05, 3.63) is 40.4 Å². The third-order valence-electron chi connectivity index (χ3n) is 3.10. The first kappa shape index (κ1) is 18.2. The number of aliphatic carboxylic acids is 1. The summed E-state index contributed by atoms with van der Waals surface area (Å²) >= 11 is 3.39. The highest BCUT2D eigenvalue weighted by Gasteiger charge is 2.18. The van der Waals surface area contributed by atoms with Crippen LogP contribution >= 0.6 is 15.9 Å². The van der Waals surface area contributed by atoms with Crippen molar-refractivity contribution in [1.82, 2.24) is 5.32 Å².